The average Bonchev–Trinajstić information content (AvgIpc) is 2.59. The molecule has 16 heavy (non-hydrogen) atoms. The summed E-state index contributed by atoms with van der Waals surface area (Å²) in [4.78, 5) is 11.7. The van der Waals surface area contributed by atoms with E-state index in [-0.39, 0.29) is 11.8 Å². The Morgan fingerprint density at radius 3 is 3.06 bits per heavy atom. The van der Waals surface area contributed by atoms with Crippen molar-refractivity contribution in [3.05, 3.63) is 0 Å². The topological polar surface area (TPSA) is 81.9 Å². The minimum Gasteiger partial charge on any atom is -0.383 e. The average molecular weight is 225 g/mol. The van der Waals surface area contributed by atoms with Crippen LogP contribution in [0.1, 0.15) is 19.3 Å². The van der Waals surface area contributed by atoms with E-state index >= 15 is 0 Å². The third-order valence-electron chi connectivity index (χ3n) is 2.75. The minimum atomic E-state index is 0.0136. The SMILES string of the molecule is COCCn1nnnc1NC(=O)C1CCC1. The molecule has 88 valence electrons. The van der Waals surface area contributed by atoms with Gasteiger partial charge in [0.1, 0.15) is 0 Å². The Labute approximate surface area is 93.2 Å². The number of nitrogens with one attached hydrogen (secondary N) is 1. The number of anilines is 1. The van der Waals surface area contributed by atoms with Crippen LogP contribution in [0.3, 0.4) is 0 Å². The van der Waals surface area contributed by atoms with Crippen molar-refractivity contribution in [3.63, 3.8) is 0 Å². The number of rotatable bonds is 5. The van der Waals surface area contributed by atoms with E-state index in [2.05, 4.69) is 20.8 Å². The molecule has 2 rings (SSSR count). The number of hydrogen-bond donors (Lipinski definition) is 1. The van der Waals surface area contributed by atoms with Gasteiger partial charge in [-0.1, -0.05) is 11.5 Å². The van der Waals surface area contributed by atoms with Crippen LogP contribution in [0, 0.1) is 5.92 Å². The Kier molecular flexibility index (Phi) is 3.45. The second kappa shape index (κ2) is 5.02. The zero-order valence-electron chi connectivity index (χ0n) is 9.22. The number of nitrogens with zero attached hydrogens (tertiary/aromatic N) is 4. The maximum atomic E-state index is 11.7. The van der Waals surface area contributed by atoms with Gasteiger partial charge in [-0.3, -0.25) is 10.1 Å². The van der Waals surface area contributed by atoms with Crippen molar-refractivity contribution in [1.29, 1.82) is 0 Å². The highest BCUT2D eigenvalue weighted by atomic mass is 16.5. The standard InChI is InChI=1S/C9H15N5O2/c1-16-6-5-14-9(11-12-13-14)10-8(15)7-3-2-4-7/h7H,2-6H2,1H3,(H,10,11,13,15). The van der Waals surface area contributed by atoms with Crippen LogP contribution in [0.15, 0.2) is 0 Å². The fourth-order valence-electron chi connectivity index (χ4n) is 1.51. The molecule has 1 fully saturated rings. The summed E-state index contributed by atoms with van der Waals surface area (Å²) in [6.07, 6.45) is 3.06. The molecule has 1 aliphatic carbocycles. The van der Waals surface area contributed by atoms with Crippen molar-refractivity contribution >= 4 is 11.9 Å². The lowest BCUT2D eigenvalue weighted by Crippen LogP contribution is -2.29. The van der Waals surface area contributed by atoms with Gasteiger partial charge in [0.2, 0.25) is 11.9 Å². The maximum Gasteiger partial charge on any atom is 0.249 e. The van der Waals surface area contributed by atoms with Crippen molar-refractivity contribution in [2.24, 2.45) is 5.92 Å². The van der Waals surface area contributed by atoms with Gasteiger partial charge in [-0.15, -0.1) is 0 Å². The number of carbonyl (C=O) groups is 1. The van der Waals surface area contributed by atoms with Gasteiger partial charge < -0.3 is 4.74 Å². The Morgan fingerprint density at radius 2 is 2.44 bits per heavy atom. The van der Waals surface area contributed by atoms with E-state index in [0.717, 1.165) is 19.3 Å². The molecule has 7 nitrogen and oxygen atoms in total. The molecule has 0 bridgehead atoms. The first-order valence-corrected chi connectivity index (χ1v) is 5.37. The van der Waals surface area contributed by atoms with E-state index in [9.17, 15) is 4.79 Å². The smallest absolute Gasteiger partial charge is 0.249 e. The molecule has 0 saturated heterocycles. The zero-order chi connectivity index (χ0) is 11.4. The van der Waals surface area contributed by atoms with E-state index in [1.54, 1.807) is 7.11 Å². The lowest BCUT2D eigenvalue weighted by atomic mass is 9.85. The highest BCUT2D eigenvalue weighted by Gasteiger charge is 2.26. The van der Waals surface area contributed by atoms with Gasteiger partial charge >= 0.3 is 0 Å². The normalized spacial score (nSPS) is 15.8. The van der Waals surface area contributed by atoms with Gasteiger partial charge in [0.15, 0.2) is 0 Å². The fraction of sp³-hybridized carbons (Fsp3) is 0.778. The molecule has 1 saturated carbocycles. The molecule has 0 aliphatic heterocycles. The largest absolute Gasteiger partial charge is 0.383 e. The van der Waals surface area contributed by atoms with Crippen molar-refractivity contribution in [2.75, 3.05) is 19.0 Å². The summed E-state index contributed by atoms with van der Waals surface area (Å²) >= 11 is 0. The quantitative estimate of drug-likeness (QED) is 0.766. The third kappa shape index (κ3) is 2.35. The summed E-state index contributed by atoms with van der Waals surface area (Å²) in [7, 11) is 1.61. The molecule has 1 aliphatic rings. The van der Waals surface area contributed by atoms with E-state index in [1.165, 1.54) is 4.68 Å². The first kappa shape index (κ1) is 11.0. The molecule has 0 spiro atoms. The predicted molar refractivity (Wildman–Crippen MR) is 55.7 cm³/mol. The minimum absolute atomic E-state index is 0.0136. The van der Waals surface area contributed by atoms with Crippen LogP contribution in [0.5, 0.6) is 0 Å². The summed E-state index contributed by atoms with van der Waals surface area (Å²) in [5.41, 5.74) is 0. The van der Waals surface area contributed by atoms with Crippen molar-refractivity contribution in [1.82, 2.24) is 20.2 Å². The van der Waals surface area contributed by atoms with Crippen LogP contribution >= 0.6 is 0 Å². The van der Waals surface area contributed by atoms with E-state index in [1.807, 2.05) is 0 Å². The number of aromatic nitrogens is 4. The highest BCUT2D eigenvalue weighted by Crippen LogP contribution is 2.27. The van der Waals surface area contributed by atoms with Crippen molar-refractivity contribution < 1.29 is 9.53 Å². The summed E-state index contributed by atoms with van der Waals surface area (Å²) < 4.78 is 6.45. The first-order valence-electron chi connectivity index (χ1n) is 5.37. The second-order valence-corrected chi connectivity index (χ2v) is 3.84. The fourth-order valence-corrected chi connectivity index (χ4v) is 1.51. The summed E-state index contributed by atoms with van der Waals surface area (Å²) in [6.45, 7) is 1.04. The molecule has 1 heterocycles. The van der Waals surface area contributed by atoms with E-state index in [4.69, 9.17) is 4.74 Å². The summed E-state index contributed by atoms with van der Waals surface area (Å²) in [5, 5.41) is 13.8. The van der Waals surface area contributed by atoms with Crippen molar-refractivity contribution in [2.45, 2.75) is 25.8 Å². The van der Waals surface area contributed by atoms with Gasteiger partial charge in [-0.05, 0) is 23.3 Å². The molecule has 7 heteroatoms. The molecule has 0 aromatic carbocycles. The Morgan fingerprint density at radius 1 is 1.62 bits per heavy atom. The summed E-state index contributed by atoms with van der Waals surface area (Å²) in [5.74, 6) is 0.543. The van der Waals surface area contributed by atoms with Gasteiger partial charge in [-0.25, -0.2) is 4.68 Å². The second-order valence-electron chi connectivity index (χ2n) is 3.84. The van der Waals surface area contributed by atoms with Crippen LogP contribution in [0.2, 0.25) is 0 Å². The number of hydrogen-bond acceptors (Lipinski definition) is 5. The Hall–Kier alpha value is -1.50. The van der Waals surface area contributed by atoms with Crippen LogP contribution in [0.25, 0.3) is 0 Å². The number of carbonyl (C=O) groups excluding carboxylic acids is 1. The molecular weight excluding hydrogens is 210 g/mol. The van der Waals surface area contributed by atoms with Crippen LogP contribution in [0.4, 0.5) is 5.95 Å². The molecule has 1 aromatic heterocycles. The van der Waals surface area contributed by atoms with Gasteiger partial charge in [0.05, 0.1) is 13.2 Å². The zero-order valence-corrected chi connectivity index (χ0v) is 9.22. The van der Waals surface area contributed by atoms with Gasteiger partial charge in [-0.2, -0.15) is 0 Å². The number of amides is 1. The molecule has 1 aromatic rings. The molecule has 1 amide bonds. The van der Waals surface area contributed by atoms with Crippen molar-refractivity contribution in [3.8, 4) is 0 Å². The Bertz CT molecular complexity index is 361. The number of ether oxygens (including phenoxy) is 1. The van der Waals surface area contributed by atoms with Gasteiger partial charge in [0, 0.05) is 13.0 Å². The number of tetrazole rings is 1. The van der Waals surface area contributed by atoms with E-state index < -0.39 is 0 Å². The molecule has 0 radical (unpaired) electrons. The van der Waals surface area contributed by atoms with E-state index in [0.29, 0.717) is 19.1 Å². The van der Waals surface area contributed by atoms with Gasteiger partial charge in [0.25, 0.3) is 0 Å². The Balaban J connectivity index is 1.92. The molecular formula is C9H15N5O2. The summed E-state index contributed by atoms with van der Waals surface area (Å²) in [6, 6.07) is 0. The lowest BCUT2D eigenvalue weighted by molar-refractivity contribution is -0.122. The lowest BCUT2D eigenvalue weighted by Gasteiger charge is -2.23. The first-order chi connectivity index (χ1) is 7.81. The van der Waals surface area contributed by atoms with Crippen LogP contribution in [-0.4, -0.2) is 39.8 Å². The van der Waals surface area contributed by atoms with Crippen LogP contribution in [-0.2, 0) is 16.1 Å². The predicted octanol–water partition coefficient (Wildman–Crippen LogP) is 0.0581. The highest BCUT2D eigenvalue weighted by molar-refractivity contribution is 5.91. The molecule has 1 N–H and O–H groups in total. The molecule has 0 unspecified atom stereocenters. The van der Waals surface area contributed by atoms with Crippen LogP contribution < -0.4 is 5.32 Å². The monoisotopic (exact) mass is 225 g/mol. The number of methoxy groups -OCH3 is 1. The maximum absolute atomic E-state index is 11.7. The molecule has 0 atom stereocenters. The third-order valence-corrected chi connectivity index (χ3v) is 2.75.